The first-order chi connectivity index (χ1) is 15.2. The highest BCUT2D eigenvalue weighted by atomic mass is 32.2. The van der Waals surface area contributed by atoms with Crippen molar-refractivity contribution in [3.05, 3.63) is 65.2 Å². The van der Waals surface area contributed by atoms with E-state index in [1.54, 1.807) is 22.7 Å². The number of fused-ring (bicyclic) bond motifs is 1. The maximum absolute atomic E-state index is 12.8. The lowest BCUT2D eigenvalue weighted by Gasteiger charge is -2.29. The summed E-state index contributed by atoms with van der Waals surface area (Å²) in [6.45, 7) is 2.78. The molecule has 1 aliphatic heterocycles. The first-order valence-corrected chi connectivity index (χ1v) is 12.7. The Morgan fingerprint density at radius 2 is 2.03 bits per heavy atom. The average molecular weight is 465 g/mol. The third-order valence-corrected chi connectivity index (χ3v) is 8.28. The van der Waals surface area contributed by atoms with Gasteiger partial charge in [0.25, 0.3) is 0 Å². The molecule has 31 heavy (non-hydrogen) atoms. The van der Waals surface area contributed by atoms with Gasteiger partial charge in [-0.15, -0.1) is 32.9 Å². The molecule has 0 radical (unpaired) electrons. The monoisotopic (exact) mass is 464 g/mol. The summed E-state index contributed by atoms with van der Waals surface area (Å²) in [6, 6.07) is 16.2. The van der Waals surface area contributed by atoms with E-state index in [1.807, 2.05) is 48.2 Å². The largest absolute Gasteiger partial charge is 0.311 e. The second kappa shape index (κ2) is 8.90. The Bertz CT molecular complexity index is 1200. The van der Waals surface area contributed by atoms with Crippen LogP contribution in [0.1, 0.15) is 17.7 Å². The third kappa shape index (κ3) is 4.28. The lowest BCUT2D eigenvalue weighted by molar-refractivity contribution is -0.116. The Labute approximate surface area is 193 Å². The molecular formula is C23H20N4OS3. The Hall–Kier alpha value is -2.55. The fourth-order valence-corrected chi connectivity index (χ4v) is 6.18. The molecule has 0 bridgehead atoms. The van der Waals surface area contributed by atoms with E-state index in [2.05, 4.69) is 32.7 Å². The van der Waals surface area contributed by atoms with Gasteiger partial charge in [0.1, 0.15) is 15.7 Å². The normalized spacial score (nSPS) is 13.3. The number of amides is 1. The minimum atomic E-state index is 0.113. The fourth-order valence-electron chi connectivity index (χ4n) is 3.66. The molecule has 5 nitrogen and oxygen atoms in total. The highest BCUT2D eigenvalue weighted by molar-refractivity contribution is 7.99. The van der Waals surface area contributed by atoms with E-state index in [4.69, 9.17) is 0 Å². The molecule has 0 N–H and O–H groups in total. The van der Waals surface area contributed by atoms with Gasteiger partial charge in [0.15, 0.2) is 0 Å². The fraction of sp³-hybridized carbons (Fsp3) is 0.217. The van der Waals surface area contributed by atoms with Crippen LogP contribution in [-0.4, -0.2) is 33.4 Å². The number of carbonyl (C=O) groups is 1. The molecule has 5 rings (SSSR count). The van der Waals surface area contributed by atoms with Gasteiger partial charge in [0, 0.05) is 12.2 Å². The van der Waals surface area contributed by atoms with E-state index in [-0.39, 0.29) is 5.91 Å². The molecular weight excluding hydrogens is 444 g/mol. The van der Waals surface area contributed by atoms with E-state index in [0.29, 0.717) is 5.75 Å². The molecule has 1 aromatic carbocycles. The van der Waals surface area contributed by atoms with Crippen molar-refractivity contribution in [2.75, 3.05) is 17.2 Å². The van der Waals surface area contributed by atoms with Gasteiger partial charge in [-0.2, -0.15) is 0 Å². The summed E-state index contributed by atoms with van der Waals surface area (Å²) in [5.74, 6) is 0.465. The molecule has 1 aliphatic rings. The van der Waals surface area contributed by atoms with Crippen molar-refractivity contribution in [3.8, 4) is 20.5 Å². The van der Waals surface area contributed by atoms with E-state index >= 15 is 0 Å². The quantitative estimate of drug-likeness (QED) is 0.354. The van der Waals surface area contributed by atoms with Crippen LogP contribution in [0.5, 0.6) is 0 Å². The summed E-state index contributed by atoms with van der Waals surface area (Å²) >= 11 is 4.75. The molecule has 1 amide bonds. The van der Waals surface area contributed by atoms with Gasteiger partial charge in [-0.3, -0.25) is 4.79 Å². The zero-order chi connectivity index (χ0) is 21.2. The van der Waals surface area contributed by atoms with E-state index < -0.39 is 0 Å². The predicted molar refractivity (Wildman–Crippen MR) is 129 cm³/mol. The second-order valence-corrected chi connectivity index (χ2v) is 10.2. The zero-order valence-electron chi connectivity index (χ0n) is 16.9. The predicted octanol–water partition coefficient (Wildman–Crippen LogP) is 5.71. The van der Waals surface area contributed by atoms with Crippen molar-refractivity contribution in [1.82, 2.24) is 15.2 Å². The van der Waals surface area contributed by atoms with E-state index in [0.717, 1.165) is 56.2 Å². The average Bonchev–Trinajstić information content (AvgIpc) is 3.47. The van der Waals surface area contributed by atoms with Gasteiger partial charge >= 0.3 is 0 Å². The van der Waals surface area contributed by atoms with Crippen molar-refractivity contribution in [2.24, 2.45) is 0 Å². The number of hydrogen-bond donors (Lipinski definition) is 0. The first-order valence-electron chi connectivity index (χ1n) is 10.1. The molecule has 3 aromatic heterocycles. The smallest absolute Gasteiger partial charge is 0.237 e. The first kappa shape index (κ1) is 20.4. The lowest BCUT2D eigenvalue weighted by atomic mass is 10.0. The third-order valence-electron chi connectivity index (χ3n) is 5.16. The van der Waals surface area contributed by atoms with E-state index in [1.165, 1.54) is 17.3 Å². The summed E-state index contributed by atoms with van der Waals surface area (Å²) in [7, 11) is 0. The summed E-state index contributed by atoms with van der Waals surface area (Å²) in [5, 5.41) is 12.6. The van der Waals surface area contributed by atoms with Crippen LogP contribution in [-0.2, 0) is 11.2 Å². The molecule has 4 heterocycles. The van der Waals surface area contributed by atoms with Crippen molar-refractivity contribution in [1.29, 1.82) is 0 Å². The second-order valence-electron chi connectivity index (χ2n) is 7.23. The van der Waals surface area contributed by atoms with Crippen molar-refractivity contribution in [3.63, 3.8) is 0 Å². The highest BCUT2D eigenvalue weighted by Gasteiger charge is 2.22. The Morgan fingerprint density at radius 1 is 1.13 bits per heavy atom. The lowest BCUT2D eigenvalue weighted by Crippen LogP contribution is -2.36. The van der Waals surface area contributed by atoms with Crippen LogP contribution in [0.2, 0.25) is 0 Å². The van der Waals surface area contributed by atoms with Gasteiger partial charge in [-0.25, -0.2) is 4.98 Å². The Balaban J connectivity index is 1.26. The molecule has 0 fully saturated rings. The van der Waals surface area contributed by atoms with Gasteiger partial charge in [-0.05, 0) is 55.0 Å². The Morgan fingerprint density at radius 3 is 2.84 bits per heavy atom. The molecule has 0 unspecified atom stereocenters. The topological polar surface area (TPSA) is 59.0 Å². The standard InChI is InChI=1S/C23H20N4OS3/c1-15-22(31-23(24-15)19-9-5-13-29-19)17-10-11-20(26-25-17)30-14-21(28)27-12-4-7-16-6-2-3-8-18(16)27/h2-3,5-6,8-11,13H,4,7,12,14H2,1H3. The molecule has 0 spiro atoms. The number of benzene rings is 1. The SMILES string of the molecule is Cc1nc(-c2cccs2)sc1-c1ccc(SCC(=O)N2CCCc3ccccc32)nn1. The molecule has 0 aliphatic carbocycles. The van der Waals surface area contributed by atoms with Crippen molar-refractivity contribution in [2.45, 2.75) is 24.8 Å². The number of hydrogen-bond acceptors (Lipinski definition) is 7. The summed E-state index contributed by atoms with van der Waals surface area (Å²) in [4.78, 5) is 21.6. The maximum Gasteiger partial charge on any atom is 0.237 e. The Kier molecular flexibility index (Phi) is 5.85. The number of thiophene rings is 1. The van der Waals surface area contributed by atoms with Gasteiger partial charge in [0.05, 0.1) is 21.2 Å². The molecule has 4 aromatic rings. The number of carbonyl (C=O) groups excluding carboxylic acids is 1. The van der Waals surface area contributed by atoms with Crippen LogP contribution >= 0.6 is 34.4 Å². The van der Waals surface area contributed by atoms with Crippen LogP contribution in [0, 0.1) is 6.92 Å². The summed E-state index contributed by atoms with van der Waals surface area (Å²) in [5.41, 5.74) is 4.07. The number of rotatable bonds is 5. The minimum Gasteiger partial charge on any atom is -0.311 e. The van der Waals surface area contributed by atoms with Crippen LogP contribution in [0.25, 0.3) is 20.5 Å². The van der Waals surface area contributed by atoms with Crippen LogP contribution in [0.3, 0.4) is 0 Å². The van der Waals surface area contributed by atoms with Crippen molar-refractivity contribution < 1.29 is 4.79 Å². The van der Waals surface area contributed by atoms with Crippen molar-refractivity contribution >= 4 is 46.0 Å². The van der Waals surface area contributed by atoms with Gasteiger partial charge < -0.3 is 4.90 Å². The summed E-state index contributed by atoms with van der Waals surface area (Å²) < 4.78 is 0. The minimum absolute atomic E-state index is 0.113. The number of aryl methyl sites for hydroxylation is 2. The van der Waals surface area contributed by atoms with Gasteiger partial charge in [0.2, 0.25) is 5.91 Å². The highest BCUT2D eigenvalue weighted by Crippen LogP contribution is 2.36. The number of nitrogens with zero attached hydrogens (tertiary/aromatic N) is 4. The number of anilines is 1. The van der Waals surface area contributed by atoms with Gasteiger partial charge in [-0.1, -0.05) is 36.0 Å². The molecule has 0 atom stereocenters. The molecule has 156 valence electrons. The summed E-state index contributed by atoms with van der Waals surface area (Å²) in [6.07, 6.45) is 2.04. The number of thiazole rings is 1. The molecule has 8 heteroatoms. The number of para-hydroxylation sites is 1. The maximum atomic E-state index is 12.8. The van der Waals surface area contributed by atoms with Crippen LogP contribution in [0.15, 0.2) is 58.9 Å². The zero-order valence-corrected chi connectivity index (χ0v) is 19.4. The molecule has 0 saturated carbocycles. The number of aromatic nitrogens is 3. The van der Waals surface area contributed by atoms with Crippen LogP contribution < -0.4 is 4.90 Å². The van der Waals surface area contributed by atoms with Crippen LogP contribution in [0.4, 0.5) is 5.69 Å². The number of thioether (sulfide) groups is 1. The molecule has 0 saturated heterocycles. The van der Waals surface area contributed by atoms with E-state index in [9.17, 15) is 4.79 Å².